The van der Waals surface area contributed by atoms with E-state index in [1.54, 1.807) is 18.2 Å². The summed E-state index contributed by atoms with van der Waals surface area (Å²) in [4.78, 5) is 24.6. The van der Waals surface area contributed by atoms with Gasteiger partial charge in [-0.2, -0.15) is 4.68 Å². The van der Waals surface area contributed by atoms with E-state index in [1.807, 2.05) is 24.4 Å². The molecular formula is C16H14ClN3O3S. The maximum Gasteiger partial charge on any atom is 0.437 e. The average Bonchev–Trinajstić information content (AvgIpc) is 3.17. The van der Waals surface area contributed by atoms with Crippen molar-refractivity contribution in [2.75, 3.05) is 5.32 Å². The minimum absolute atomic E-state index is 0.110. The molecule has 0 saturated heterocycles. The van der Waals surface area contributed by atoms with Gasteiger partial charge in [0.25, 0.3) is 5.89 Å². The second-order valence-electron chi connectivity index (χ2n) is 5.13. The molecule has 3 aromatic rings. The van der Waals surface area contributed by atoms with Crippen LogP contribution in [0.15, 0.2) is 44.9 Å². The van der Waals surface area contributed by atoms with Crippen LogP contribution in [-0.4, -0.2) is 15.7 Å². The predicted octanol–water partition coefficient (Wildman–Crippen LogP) is 3.56. The van der Waals surface area contributed by atoms with E-state index in [2.05, 4.69) is 10.4 Å². The molecule has 0 saturated carbocycles. The molecule has 0 radical (unpaired) electrons. The van der Waals surface area contributed by atoms with Gasteiger partial charge in [-0.1, -0.05) is 17.7 Å². The van der Waals surface area contributed by atoms with Gasteiger partial charge in [0.1, 0.15) is 0 Å². The number of carbonyl (C=O) groups excluding carboxylic acids is 1. The molecule has 6 nitrogen and oxygen atoms in total. The van der Waals surface area contributed by atoms with E-state index in [0.29, 0.717) is 10.7 Å². The fourth-order valence-corrected chi connectivity index (χ4v) is 3.01. The Morgan fingerprint density at radius 1 is 1.42 bits per heavy atom. The molecule has 0 bridgehead atoms. The number of aromatic nitrogens is 2. The molecular weight excluding hydrogens is 350 g/mol. The number of carbonyl (C=O) groups is 1. The standard InChI is InChI=1S/C16H14ClN3O3S/c1-10-9-11(17)4-5-12(10)18-14(21)6-7-20-16(22)23-15(19-20)13-3-2-8-24-13/h2-5,8-9H,6-7H2,1H3,(H,18,21). The fourth-order valence-electron chi connectivity index (χ4n) is 2.13. The summed E-state index contributed by atoms with van der Waals surface area (Å²) < 4.78 is 6.26. The minimum atomic E-state index is -0.575. The third-order valence-corrected chi connectivity index (χ3v) is 4.44. The van der Waals surface area contributed by atoms with Gasteiger partial charge in [0.05, 0.1) is 11.4 Å². The molecule has 0 fully saturated rings. The van der Waals surface area contributed by atoms with Gasteiger partial charge in [-0.25, -0.2) is 4.79 Å². The van der Waals surface area contributed by atoms with Crippen molar-refractivity contribution in [2.24, 2.45) is 0 Å². The summed E-state index contributed by atoms with van der Waals surface area (Å²) in [6.45, 7) is 2.00. The summed E-state index contributed by atoms with van der Waals surface area (Å²) in [5.41, 5.74) is 1.56. The van der Waals surface area contributed by atoms with E-state index >= 15 is 0 Å². The first-order valence-electron chi connectivity index (χ1n) is 7.21. The van der Waals surface area contributed by atoms with Crippen LogP contribution in [0.3, 0.4) is 0 Å². The van der Waals surface area contributed by atoms with Crippen LogP contribution in [-0.2, 0) is 11.3 Å². The number of hydrogen-bond acceptors (Lipinski definition) is 5. The zero-order valence-electron chi connectivity index (χ0n) is 12.8. The first kappa shape index (κ1) is 16.5. The molecule has 1 amide bonds. The molecule has 0 spiro atoms. The van der Waals surface area contributed by atoms with Crippen molar-refractivity contribution in [2.45, 2.75) is 19.9 Å². The second kappa shape index (κ2) is 7.02. The zero-order valence-corrected chi connectivity index (χ0v) is 14.4. The second-order valence-corrected chi connectivity index (χ2v) is 6.52. The molecule has 0 atom stereocenters. The van der Waals surface area contributed by atoms with E-state index in [0.717, 1.165) is 15.1 Å². The summed E-state index contributed by atoms with van der Waals surface area (Å²) in [6.07, 6.45) is 0.110. The lowest BCUT2D eigenvalue weighted by atomic mass is 10.2. The number of anilines is 1. The Morgan fingerprint density at radius 2 is 2.25 bits per heavy atom. The van der Waals surface area contributed by atoms with Gasteiger partial charge in [-0.05, 0) is 42.1 Å². The first-order chi connectivity index (χ1) is 11.5. The Labute approximate surface area is 146 Å². The summed E-state index contributed by atoms with van der Waals surface area (Å²) in [5.74, 6) is -0.522. The smallest absolute Gasteiger partial charge is 0.387 e. The maximum atomic E-state index is 12.1. The van der Waals surface area contributed by atoms with E-state index in [1.165, 1.54) is 11.3 Å². The van der Waals surface area contributed by atoms with Crippen molar-refractivity contribution in [3.63, 3.8) is 0 Å². The number of rotatable bonds is 5. The van der Waals surface area contributed by atoms with Gasteiger partial charge in [0.15, 0.2) is 0 Å². The highest BCUT2D eigenvalue weighted by molar-refractivity contribution is 7.13. The van der Waals surface area contributed by atoms with Crippen LogP contribution >= 0.6 is 22.9 Å². The molecule has 124 valence electrons. The van der Waals surface area contributed by atoms with Crippen molar-refractivity contribution in [3.8, 4) is 10.8 Å². The third kappa shape index (κ3) is 3.74. The van der Waals surface area contributed by atoms with E-state index in [9.17, 15) is 9.59 Å². The Morgan fingerprint density at radius 3 is 2.96 bits per heavy atom. The Bertz CT molecular complexity index is 915. The van der Waals surface area contributed by atoms with Gasteiger partial charge in [0.2, 0.25) is 5.91 Å². The van der Waals surface area contributed by atoms with E-state index in [4.69, 9.17) is 16.0 Å². The van der Waals surface area contributed by atoms with Gasteiger partial charge in [0, 0.05) is 17.1 Å². The number of benzene rings is 1. The van der Waals surface area contributed by atoms with Gasteiger partial charge >= 0.3 is 5.76 Å². The largest absolute Gasteiger partial charge is 0.437 e. The van der Waals surface area contributed by atoms with Crippen molar-refractivity contribution < 1.29 is 9.21 Å². The van der Waals surface area contributed by atoms with Crippen molar-refractivity contribution >= 4 is 34.5 Å². The molecule has 0 aliphatic carbocycles. The lowest BCUT2D eigenvalue weighted by molar-refractivity contribution is -0.116. The molecule has 8 heteroatoms. The number of nitrogens with one attached hydrogen (secondary N) is 1. The van der Waals surface area contributed by atoms with Crippen molar-refractivity contribution in [1.29, 1.82) is 0 Å². The molecule has 2 aromatic heterocycles. The molecule has 2 heterocycles. The SMILES string of the molecule is Cc1cc(Cl)ccc1NC(=O)CCn1nc(-c2cccs2)oc1=O. The van der Waals surface area contributed by atoms with Crippen molar-refractivity contribution in [1.82, 2.24) is 9.78 Å². The Hall–Kier alpha value is -2.38. The molecule has 24 heavy (non-hydrogen) atoms. The number of hydrogen-bond donors (Lipinski definition) is 1. The quantitative estimate of drug-likeness (QED) is 0.751. The van der Waals surface area contributed by atoms with Gasteiger partial charge in [-0.3, -0.25) is 4.79 Å². The lowest BCUT2D eigenvalue weighted by Crippen LogP contribution is -2.21. The topological polar surface area (TPSA) is 77.1 Å². The van der Waals surface area contributed by atoms with E-state index in [-0.39, 0.29) is 24.8 Å². The van der Waals surface area contributed by atoms with Crippen LogP contribution in [0.5, 0.6) is 0 Å². The molecule has 0 unspecified atom stereocenters. The highest BCUT2D eigenvalue weighted by atomic mass is 35.5. The molecule has 0 aliphatic heterocycles. The predicted molar refractivity (Wildman–Crippen MR) is 93.5 cm³/mol. The highest BCUT2D eigenvalue weighted by Gasteiger charge is 2.12. The van der Waals surface area contributed by atoms with Crippen LogP contribution < -0.4 is 11.1 Å². The third-order valence-electron chi connectivity index (χ3n) is 3.35. The van der Waals surface area contributed by atoms with Crippen LogP contribution in [0.1, 0.15) is 12.0 Å². The summed E-state index contributed by atoms with van der Waals surface area (Å²) >= 11 is 7.32. The summed E-state index contributed by atoms with van der Waals surface area (Å²) in [6, 6.07) is 8.89. The van der Waals surface area contributed by atoms with Crippen molar-refractivity contribution in [3.05, 3.63) is 56.8 Å². The van der Waals surface area contributed by atoms with E-state index < -0.39 is 5.76 Å². The lowest BCUT2D eigenvalue weighted by Gasteiger charge is -2.08. The van der Waals surface area contributed by atoms with Gasteiger partial charge < -0.3 is 9.73 Å². The number of nitrogens with zero attached hydrogens (tertiary/aromatic N) is 2. The van der Waals surface area contributed by atoms with Crippen LogP contribution in [0.2, 0.25) is 5.02 Å². The molecule has 3 rings (SSSR count). The first-order valence-corrected chi connectivity index (χ1v) is 8.46. The summed E-state index contributed by atoms with van der Waals surface area (Å²) in [7, 11) is 0. The molecule has 1 aromatic carbocycles. The zero-order chi connectivity index (χ0) is 17.1. The molecule has 0 aliphatic rings. The number of amides is 1. The highest BCUT2D eigenvalue weighted by Crippen LogP contribution is 2.21. The van der Waals surface area contributed by atoms with Crippen LogP contribution in [0, 0.1) is 6.92 Å². The minimum Gasteiger partial charge on any atom is -0.387 e. The average molecular weight is 364 g/mol. The Balaban J connectivity index is 1.63. The molecule has 1 N–H and O–H groups in total. The summed E-state index contributed by atoms with van der Waals surface area (Å²) in [5, 5.41) is 9.39. The van der Waals surface area contributed by atoms with Crippen LogP contribution in [0.25, 0.3) is 10.8 Å². The number of thiophene rings is 1. The number of aryl methyl sites for hydroxylation is 2. The Kier molecular flexibility index (Phi) is 4.82. The number of halogens is 1. The van der Waals surface area contributed by atoms with Gasteiger partial charge in [-0.15, -0.1) is 16.4 Å². The van der Waals surface area contributed by atoms with Crippen LogP contribution in [0.4, 0.5) is 5.69 Å². The maximum absolute atomic E-state index is 12.1. The fraction of sp³-hybridized carbons (Fsp3) is 0.188. The monoisotopic (exact) mass is 363 g/mol. The normalized spacial score (nSPS) is 10.8.